The van der Waals surface area contributed by atoms with Gasteiger partial charge in [0.1, 0.15) is 13.2 Å². The minimum absolute atomic E-state index is 0.0800. The minimum atomic E-state index is -0.780. The van der Waals surface area contributed by atoms with Crippen LogP contribution in [0.4, 0.5) is 0 Å². The average Bonchev–Trinajstić information content (AvgIpc) is 3.40. The van der Waals surface area contributed by atoms with Gasteiger partial charge < -0.3 is 14.2 Å². The Bertz CT molecular complexity index is 1420. The molecule has 0 fully saturated rings. The van der Waals surface area contributed by atoms with Crippen molar-refractivity contribution >= 4 is 17.9 Å². The van der Waals surface area contributed by atoms with Crippen LogP contribution in [0.25, 0.3) is 0 Å². The van der Waals surface area contributed by atoms with Gasteiger partial charge in [0.15, 0.2) is 6.10 Å². The molecule has 0 amide bonds. The van der Waals surface area contributed by atoms with Crippen LogP contribution in [0, 0.1) is 0 Å². The Morgan fingerprint density at radius 1 is 0.284 bits per heavy atom. The van der Waals surface area contributed by atoms with Crippen LogP contribution in [0.5, 0.6) is 0 Å². The second-order valence-corrected chi connectivity index (χ2v) is 20.9. The molecular formula is C68H118O6. The molecule has 0 aromatic carbocycles. The number of allylic oxidation sites excluding steroid dienone is 14. The van der Waals surface area contributed by atoms with E-state index in [2.05, 4.69) is 106 Å². The Labute approximate surface area is 458 Å². The van der Waals surface area contributed by atoms with Crippen LogP contribution < -0.4 is 0 Å². The summed E-state index contributed by atoms with van der Waals surface area (Å²) in [5, 5.41) is 0. The Morgan fingerprint density at radius 2 is 0.527 bits per heavy atom. The zero-order chi connectivity index (χ0) is 53.6. The van der Waals surface area contributed by atoms with Crippen molar-refractivity contribution in [1.82, 2.24) is 0 Å². The van der Waals surface area contributed by atoms with E-state index >= 15 is 0 Å². The van der Waals surface area contributed by atoms with E-state index in [0.29, 0.717) is 19.3 Å². The lowest BCUT2D eigenvalue weighted by molar-refractivity contribution is -0.167. The van der Waals surface area contributed by atoms with Gasteiger partial charge in [-0.15, -0.1) is 0 Å². The largest absolute Gasteiger partial charge is 0.462 e. The predicted octanol–water partition coefficient (Wildman–Crippen LogP) is 21.5. The van der Waals surface area contributed by atoms with E-state index in [1.54, 1.807) is 0 Å². The zero-order valence-electron chi connectivity index (χ0n) is 48.8. The van der Waals surface area contributed by atoms with Crippen molar-refractivity contribution in [2.24, 2.45) is 0 Å². The molecule has 0 saturated carbocycles. The topological polar surface area (TPSA) is 78.9 Å². The molecule has 6 heteroatoms. The number of ether oxygens (including phenoxy) is 3. The maximum Gasteiger partial charge on any atom is 0.306 e. The molecule has 0 rings (SSSR count). The second-order valence-electron chi connectivity index (χ2n) is 20.9. The van der Waals surface area contributed by atoms with Crippen LogP contribution in [0.15, 0.2) is 85.1 Å². The fraction of sp³-hybridized carbons (Fsp3) is 0.750. The molecule has 0 aromatic heterocycles. The van der Waals surface area contributed by atoms with Crippen molar-refractivity contribution in [2.75, 3.05) is 13.2 Å². The quantitative estimate of drug-likeness (QED) is 0.0261. The lowest BCUT2D eigenvalue weighted by Gasteiger charge is -2.18. The number of unbranched alkanes of at least 4 members (excludes halogenated alkanes) is 32. The Balaban J connectivity index is 4.13. The molecule has 1 atom stereocenters. The fourth-order valence-corrected chi connectivity index (χ4v) is 8.91. The molecule has 0 aromatic rings. The average molecular weight is 1030 g/mol. The van der Waals surface area contributed by atoms with Crippen LogP contribution in [0.2, 0.25) is 0 Å². The van der Waals surface area contributed by atoms with E-state index in [1.165, 1.54) is 161 Å². The van der Waals surface area contributed by atoms with Gasteiger partial charge in [-0.1, -0.05) is 279 Å². The third-order valence-corrected chi connectivity index (χ3v) is 13.6. The van der Waals surface area contributed by atoms with Crippen molar-refractivity contribution < 1.29 is 28.6 Å². The van der Waals surface area contributed by atoms with Crippen LogP contribution in [0.3, 0.4) is 0 Å². The van der Waals surface area contributed by atoms with E-state index in [-0.39, 0.29) is 31.1 Å². The third kappa shape index (κ3) is 59.5. The van der Waals surface area contributed by atoms with Crippen molar-refractivity contribution in [1.29, 1.82) is 0 Å². The molecule has 1 unspecified atom stereocenters. The molecule has 0 spiro atoms. The minimum Gasteiger partial charge on any atom is -0.462 e. The molecule has 0 heterocycles. The SMILES string of the molecule is CC/C=C\C/C=C\C/C=C\C/C=C\C/C=C\C/C=C\CCCCCCCCC(=O)OCC(COC(=O)CCCCCCCC)OC(=O)CCCCCCCCCCCCCCC/C=C\CCCCCCCCCC. The second kappa shape index (κ2) is 62.1. The maximum atomic E-state index is 12.8. The summed E-state index contributed by atoms with van der Waals surface area (Å²) in [6.45, 7) is 6.48. The van der Waals surface area contributed by atoms with E-state index < -0.39 is 6.10 Å². The molecule has 74 heavy (non-hydrogen) atoms. The van der Waals surface area contributed by atoms with Gasteiger partial charge in [0.05, 0.1) is 0 Å². The van der Waals surface area contributed by atoms with Gasteiger partial charge in [0, 0.05) is 19.3 Å². The van der Waals surface area contributed by atoms with E-state index in [9.17, 15) is 14.4 Å². The maximum absolute atomic E-state index is 12.8. The highest BCUT2D eigenvalue weighted by Crippen LogP contribution is 2.16. The first-order valence-corrected chi connectivity index (χ1v) is 31.6. The molecule has 0 radical (unpaired) electrons. The Hall–Kier alpha value is -3.41. The van der Waals surface area contributed by atoms with Crippen molar-refractivity contribution in [3.63, 3.8) is 0 Å². The number of carbonyl (C=O) groups excluding carboxylic acids is 3. The molecule has 6 nitrogen and oxygen atoms in total. The molecule has 0 aliphatic rings. The van der Waals surface area contributed by atoms with Crippen molar-refractivity contribution in [3.8, 4) is 0 Å². The molecule has 426 valence electrons. The van der Waals surface area contributed by atoms with E-state index in [4.69, 9.17) is 14.2 Å². The number of hydrogen-bond donors (Lipinski definition) is 0. The van der Waals surface area contributed by atoms with Gasteiger partial charge in [-0.3, -0.25) is 14.4 Å². The van der Waals surface area contributed by atoms with Gasteiger partial charge in [0.2, 0.25) is 0 Å². The summed E-state index contributed by atoms with van der Waals surface area (Å²) in [6.07, 6.45) is 82.0. The molecule has 0 saturated heterocycles. The van der Waals surface area contributed by atoms with Crippen molar-refractivity contribution in [3.05, 3.63) is 85.1 Å². The third-order valence-electron chi connectivity index (χ3n) is 13.6. The summed E-state index contributed by atoms with van der Waals surface area (Å²) in [7, 11) is 0. The van der Waals surface area contributed by atoms with E-state index in [0.717, 1.165) is 109 Å². The van der Waals surface area contributed by atoms with Gasteiger partial charge >= 0.3 is 17.9 Å². The molecule has 0 aliphatic heterocycles. The molecule has 0 bridgehead atoms. The first-order valence-electron chi connectivity index (χ1n) is 31.6. The number of esters is 3. The highest BCUT2D eigenvalue weighted by Gasteiger charge is 2.19. The van der Waals surface area contributed by atoms with Crippen LogP contribution >= 0.6 is 0 Å². The van der Waals surface area contributed by atoms with Gasteiger partial charge in [-0.05, 0) is 96.3 Å². The van der Waals surface area contributed by atoms with Gasteiger partial charge in [-0.25, -0.2) is 0 Å². The standard InChI is InChI=1S/C68H118O6/c1-4-7-10-13-16-18-20-22-24-26-28-30-32-34-36-38-40-42-44-46-48-50-52-55-58-61-67(70)73-64-65(63-72-66(69)60-57-54-15-12-9-6-3)74-68(71)62-59-56-53-51-49-47-45-43-41-39-37-35-33-31-29-27-25-23-21-19-17-14-11-8-5-2/h7,10,16,18,22,24,27-30,34,36,40,42,65H,4-6,8-9,11-15,17,19-21,23,25-26,31-33,35,37-39,41,43-64H2,1-3H3/b10-7-,18-16-,24-22-,29-27-,30-28-,36-34-,42-40-. The lowest BCUT2D eigenvalue weighted by atomic mass is 10.0. The Morgan fingerprint density at radius 3 is 0.838 bits per heavy atom. The first kappa shape index (κ1) is 70.6. The summed E-state index contributed by atoms with van der Waals surface area (Å²) in [6, 6.07) is 0. The summed E-state index contributed by atoms with van der Waals surface area (Å²) >= 11 is 0. The van der Waals surface area contributed by atoms with E-state index in [1.807, 2.05) is 0 Å². The number of hydrogen-bond acceptors (Lipinski definition) is 6. The zero-order valence-corrected chi connectivity index (χ0v) is 48.8. The van der Waals surface area contributed by atoms with Crippen molar-refractivity contribution in [2.45, 2.75) is 316 Å². The summed E-state index contributed by atoms with van der Waals surface area (Å²) < 4.78 is 16.8. The fourth-order valence-electron chi connectivity index (χ4n) is 8.91. The van der Waals surface area contributed by atoms with Crippen LogP contribution in [-0.2, 0) is 28.6 Å². The Kier molecular flexibility index (Phi) is 59.3. The predicted molar refractivity (Wildman–Crippen MR) is 321 cm³/mol. The molecule has 0 N–H and O–H groups in total. The number of carbonyl (C=O) groups is 3. The summed E-state index contributed by atoms with van der Waals surface area (Å²) in [5.41, 5.74) is 0. The van der Waals surface area contributed by atoms with Gasteiger partial charge in [0.25, 0.3) is 0 Å². The van der Waals surface area contributed by atoms with Crippen LogP contribution in [0.1, 0.15) is 310 Å². The molecular weight excluding hydrogens is 913 g/mol. The lowest BCUT2D eigenvalue weighted by Crippen LogP contribution is -2.30. The highest BCUT2D eigenvalue weighted by molar-refractivity contribution is 5.71. The monoisotopic (exact) mass is 1030 g/mol. The first-order chi connectivity index (χ1) is 36.5. The summed E-state index contributed by atoms with van der Waals surface area (Å²) in [5.74, 6) is -0.895. The number of rotatable bonds is 57. The van der Waals surface area contributed by atoms with Crippen LogP contribution in [-0.4, -0.2) is 37.2 Å². The normalized spacial score (nSPS) is 12.6. The molecule has 0 aliphatic carbocycles. The summed E-state index contributed by atoms with van der Waals surface area (Å²) in [4.78, 5) is 38.0. The van der Waals surface area contributed by atoms with Gasteiger partial charge in [-0.2, -0.15) is 0 Å². The smallest absolute Gasteiger partial charge is 0.306 e. The highest BCUT2D eigenvalue weighted by atomic mass is 16.6.